The number of nitrogens with zero attached hydrogens (tertiary/aromatic N) is 1. The van der Waals surface area contributed by atoms with Crippen LogP contribution >= 0.6 is 12.4 Å². The molecule has 2 saturated heterocycles. The van der Waals surface area contributed by atoms with E-state index >= 15 is 0 Å². The van der Waals surface area contributed by atoms with Crippen LogP contribution in [0.4, 0.5) is 13.2 Å². The van der Waals surface area contributed by atoms with Gasteiger partial charge >= 0.3 is 6.61 Å². The van der Waals surface area contributed by atoms with Gasteiger partial charge in [-0.2, -0.15) is 13.1 Å². The standard InChI is InChI=1S/C16H21F3N2O3S.ClH/c17-13-10-12(3-4-15(13)24-16(18)19)25(22,23)21-8-5-11(6-9-21)14-2-1-7-20-14;/h3-4,10-11,14,16,20H,1-2,5-9H2;1H. The molecule has 0 radical (unpaired) electrons. The summed E-state index contributed by atoms with van der Waals surface area (Å²) in [6.45, 7) is -1.40. The van der Waals surface area contributed by atoms with Crippen molar-refractivity contribution in [2.75, 3.05) is 19.6 Å². The van der Waals surface area contributed by atoms with Gasteiger partial charge in [0.1, 0.15) is 0 Å². The van der Waals surface area contributed by atoms with E-state index in [4.69, 9.17) is 0 Å². The third-order valence-corrected chi connectivity index (χ3v) is 6.82. The molecule has 1 unspecified atom stereocenters. The van der Waals surface area contributed by atoms with E-state index in [1.54, 1.807) is 0 Å². The Morgan fingerprint density at radius 2 is 1.88 bits per heavy atom. The quantitative estimate of drug-likeness (QED) is 0.804. The summed E-state index contributed by atoms with van der Waals surface area (Å²) in [4.78, 5) is -0.246. The number of ether oxygens (including phenoxy) is 1. The molecule has 1 aromatic rings. The Labute approximate surface area is 157 Å². The van der Waals surface area contributed by atoms with Crippen LogP contribution < -0.4 is 10.1 Å². The Hall–Kier alpha value is -1.03. The predicted octanol–water partition coefficient (Wildman–Crippen LogP) is 3.00. The second kappa shape index (κ2) is 8.77. The Kier molecular flexibility index (Phi) is 7.18. The van der Waals surface area contributed by atoms with E-state index < -0.39 is 28.2 Å². The fourth-order valence-electron chi connectivity index (χ4n) is 3.62. The number of alkyl halides is 2. The molecule has 0 aliphatic carbocycles. The van der Waals surface area contributed by atoms with Crippen molar-refractivity contribution in [1.29, 1.82) is 0 Å². The van der Waals surface area contributed by atoms with Crippen LogP contribution in [0.2, 0.25) is 0 Å². The molecule has 0 bridgehead atoms. The summed E-state index contributed by atoms with van der Waals surface area (Å²) in [6.07, 6.45) is 3.78. The number of halogens is 4. The van der Waals surface area contributed by atoms with Gasteiger partial charge in [-0.05, 0) is 56.3 Å². The minimum atomic E-state index is -3.85. The first-order chi connectivity index (χ1) is 11.9. The van der Waals surface area contributed by atoms with Crippen molar-refractivity contribution in [1.82, 2.24) is 9.62 Å². The summed E-state index contributed by atoms with van der Waals surface area (Å²) in [5.41, 5.74) is 0. The number of rotatable bonds is 5. The lowest BCUT2D eigenvalue weighted by Gasteiger charge is -2.34. The van der Waals surface area contributed by atoms with E-state index in [1.165, 1.54) is 4.31 Å². The first kappa shape index (κ1) is 21.3. The molecule has 2 aliphatic rings. The molecule has 0 amide bonds. The molecule has 0 spiro atoms. The molecule has 10 heteroatoms. The smallest absolute Gasteiger partial charge is 0.387 e. The van der Waals surface area contributed by atoms with Gasteiger partial charge in [0.25, 0.3) is 0 Å². The van der Waals surface area contributed by atoms with E-state index in [0.717, 1.165) is 50.4 Å². The lowest BCUT2D eigenvalue weighted by Crippen LogP contribution is -2.43. The number of piperidine rings is 1. The summed E-state index contributed by atoms with van der Waals surface area (Å²) in [5, 5.41) is 3.45. The molecule has 3 rings (SSSR count). The maximum absolute atomic E-state index is 13.8. The van der Waals surface area contributed by atoms with Crippen molar-refractivity contribution in [3.05, 3.63) is 24.0 Å². The molecule has 2 aliphatic heterocycles. The molecular formula is C16H22ClF3N2O3S. The van der Waals surface area contributed by atoms with Gasteiger partial charge in [0.15, 0.2) is 11.6 Å². The van der Waals surface area contributed by atoms with E-state index in [1.807, 2.05) is 0 Å². The minimum absolute atomic E-state index is 0. The third-order valence-electron chi connectivity index (χ3n) is 4.92. The van der Waals surface area contributed by atoms with Gasteiger partial charge in [-0.15, -0.1) is 12.4 Å². The first-order valence-corrected chi connectivity index (χ1v) is 9.80. The molecule has 0 saturated carbocycles. The van der Waals surface area contributed by atoms with Crippen LogP contribution in [0.25, 0.3) is 0 Å². The molecule has 2 heterocycles. The number of sulfonamides is 1. The summed E-state index contributed by atoms with van der Waals surface area (Å²) in [6, 6.07) is 3.20. The number of benzene rings is 1. The normalized spacial score (nSPS) is 22.4. The van der Waals surface area contributed by atoms with Crippen molar-refractivity contribution in [3.8, 4) is 5.75 Å². The molecule has 2 fully saturated rings. The fourth-order valence-corrected chi connectivity index (χ4v) is 5.10. The van der Waals surface area contributed by atoms with Gasteiger partial charge in [0.2, 0.25) is 10.0 Å². The van der Waals surface area contributed by atoms with E-state index in [9.17, 15) is 21.6 Å². The first-order valence-electron chi connectivity index (χ1n) is 8.36. The van der Waals surface area contributed by atoms with Gasteiger partial charge in [0.05, 0.1) is 4.90 Å². The second-order valence-corrected chi connectivity index (χ2v) is 8.35. The van der Waals surface area contributed by atoms with Crippen molar-refractivity contribution in [2.45, 2.75) is 43.2 Å². The predicted molar refractivity (Wildman–Crippen MR) is 92.8 cm³/mol. The van der Waals surface area contributed by atoms with Crippen LogP contribution in [0.1, 0.15) is 25.7 Å². The summed E-state index contributed by atoms with van der Waals surface area (Å²) < 4.78 is 68.8. The minimum Gasteiger partial charge on any atom is -0.432 e. The summed E-state index contributed by atoms with van der Waals surface area (Å²) in [7, 11) is -3.85. The molecule has 26 heavy (non-hydrogen) atoms. The number of hydrogen-bond donors (Lipinski definition) is 1. The Balaban J connectivity index is 0.00000243. The Bertz CT molecular complexity index is 707. The SMILES string of the molecule is Cl.O=S(=O)(c1ccc(OC(F)F)c(F)c1)N1CCC(C2CCCN2)CC1. The van der Waals surface area contributed by atoms with Crippen LogP contribution in [-0.4, -0.2) is 45.0 Å². The molecule has 1 aromatic carbocycles. The second-order valence-electron chi connectivity index (χ2n) is 6.42. The largest absolute Gasteiger partial charge is 0.432 e. The Morgan fingerprint density at radius 1 is 1.19 bits per heavy atom. The van der Waals surface area contributed by atoms with Crippen molar-refractivity contribution in [2.24, 2.45) is 5.92 Å². The number of nitrogens with one attached hydrogen (secondary N) is 1. The topological polar surface area (TPSA) is 58.6 Å². The fraction of sp³-hybridized carbons (Fsp3) is 0.625. The third kappa shape index (κ3) is 4.62. The lowest BCUT2D eigenvalue weighted by atomic mass is 9.89. The number of hydrogen-bond acceptors (Lipinski definition) is 4. The van der Waals surface area contributed by atoms with E-state index in [2.05, 4.69) is 10.1 Å². The maximum atomic E-state index is 13.8. The van der Waals surface area contributed by atoms with Crippen molar-refractivity contribution < 1.29 is 26.3 Å². The molecule has 0 aromatic heterocycles. The van der Waals surface area contributed by atoms with Gasteiger partial charge in [-0.25, -0.2) is 12.8 Å². The average molecular weight is 415 g/mol. The van der Waals surface area contributed by atoms with Gasteiger partial charge < -0.3 is 10.1 Å². The van der Waals surface area contributed by atoms with Crippen molar-refractivity contribution in [3.63, 3.8) is 0 Å². The van der Waals surface area contributed by atoms with E-state index in [-0.39, 0.29) is 17.3 Å². The molecule has 1 N–H and O–H groups in total. The van der Waals surface area contributed by atoms with Crippen LogP contribution in [-0.2, 0) is 10.0 Å². The van der Waals surface area contributed by atoms with Gasteiger partial charge in [-0.3, -0.25) is 0 Å². The molecule has 1 atom stereocenters. The molecule has 148 valence electrons. The van der Waals surface area contributed by atoms with Crippen LogP contribution in [0.5, 0.6) is 5.75 Å². The van der Waals surface area contributed by atoms with Crippen LogP contribution in [0.3, 0.4) is 0 Å². The lowest BCUT2D eigenvalue weighted by molar-refractivity contribution is -0.0522. The zero-order valence-corrected chi connectivity index (χ0v) is 15.7. The highest BCUT2D eigenvalue weighted by Crippen LogP contribution is 2.30. The zero-order chi connectivity index (χ0) is 18.0. The average Bonchev–Trinajstić information content (AvgIpc) is 3.11. The summed E-state index contributed by atoms with van der Waals surface area (Å²) >= 11 is 0. The molecule has 5 nitrogen and oxygen atoms in total. The Morgan fingerprint density at radius 3 is 2.42 bits per heavy atom. The van der Waals surface area contributed by atoms with E-state index in [0.29, 0.717) is 25.0 Å². The summed E-state index contributed by atoms with van der Waals surface area (Å²) in [5.74, 6) is -1.33. The highest BCUT2D eigenvalue weighted by molar-refractivity contribution is 7.89. The van der Waals surface area contributed by atoms with Gasteiger partial charge in [-0.1, -0.05) is 0 Å². The monoisotopic (exact) mass is 414 g/mol. The highest BCUT2D eigenvalue weighted by Gasteiger charge is 2.33. The van der Waals surface area contributed by atoms with Crippen molar-refractivity contribution >= 4 is 22.4 Å². The van der Waals surface area contributed by atoms with Gasteiger partial charge in [0, 0.05) is 19.1 Å². The highest BCUT2D eigenvalue weighted by atomic mass is 35.5. The maximum Gasteiger partial charge on any atom is 0.387 e. The van der Waals surface area contributed by atoms with Crippen LogP contribution in [0, 0.1) is 11.7 Å². The van der Waals surface area contributed by atoms with Crippen LogP contribution in [0.15, 0.2) is 23.1 Å². The molecular weight excluding hydrogens is 393 g/mol. The zero-order valence-electron chi connectivity index (χ0n) is 14.0.